The molecule has 0 amide bonds. The summed E-state index contributed by atoms with van der Waals surface area (Å²) in [5.74, 6) is 0. The van der Waals surface area contributed by atoms with Crippen LogP contribution < -0.4 is 0 Å². The Hall–Kier alpha value is -0.490. The maximum Gasteiger partial charge on any atom is 0.109 e. The van der Waals surface area contributed by atoms with Gasteiger partial charge in [0.1, 0.15) is 12.5 Å². The van der Waals surface area contributed by atoms with E-state index in [1.54, 1.807) is 22.4 Å². The molecule has 0 aromatic carbocycles. The van der Waals surface area contributed by atoms with E-state index in [9.17, 15) is 10.2 Å². The Balaban J connectivity index is 1.86. The van der Waals surface area contributed by atoms with Crippen molar-refractivity contribution in [3.8, 4) is 0 Å². The average molecular weight is 228 g/mol. The van der Waals surface area contributed by atoms with Gasteiger partial charge < -0.3 is 10.2 Å². The van der Waals surface area contributed by atoms with Crippen LogP contribution in [0, 0.1) is 0 Å². The van der Waals surface area contributed by atoms with Crippen LogP contribution in [-0.2, 0) is 6.42 Å². The number of aromatic nitrogens is 1. The Labute approximate surface area is 93.2 Å². The number of hydrogen-bond acceptors (Lipinski definition) is 5. The Kier molecular flexibility index (Phi) is 3.69. The molecule has 5 heteroatoms. The molecule has 1 aliphatic heterocycles. The van der Waals surface area contributed by atoms with E-state index >= 15 is 0 Å². The Morgan fingerprint density at radius 2 is 2.13 bits per heavy atom. The van der Waals surface area contributed by atoms with Gasteiger partial charge in [0.05, 0.1) is 5.01 Å². The van der Waals surface area contributed by atoms with Gasteiger partial charge >= 0.3 is 0 Å². The van der Waals surface area contributed by atoms with Crippen LogP contribution in [0.1, 0.15) is 24.3 Å². The van der Waals surface area contributed by atoms with E-state index in [0.29, 0.717) is 6.54 Å². The summed E-state index contributed by atoms with van der Waals surface area (Å²) in [5.41, 5.74) is 0. The third kappa shape index (κ3) is 2.75. The largest absolute Gasteiger partial charge is 0.378 e. The molecule has 2 rings (SSSR count). The molecule has 2 atom stereocenters. The van der Waals surface area contributed by atoms with E-state index in [4.69, 9.17) is 0 Å². The van der Waals surface area contributed by atoms with Gasteiger partial charge in [-0.3, -0.25) is 4.90 Å². The first kappa shape index (κ1) is 11.0. The van der Waals surface area contributed by atoms with Crippen LogP contribution in [0.15, 0.2) is 11.6 Å². The molecule has 1 aromatic rings. The summed E-state index contributed by atoms with van der Waals surface area (Å²) in [5, 5.41) is 22.4. The third-order valence-corrected chi connectivity index (χ3v) is 3.60. The van der Waals surface area contributed by atoms with Crippen molar-refractivity contribution in [3.05, 3.63) is 16.6 Å². The van der Waals surface area contributed by atoms with Crippen molar-refractivity contribution in [1.82, 2.24) is 9.88 Å². The van der Waals surface area contributed by atoms with Gasteiger partial charge in [-0.15, -0.1) is 11.3 Å². The van der Waals surface area contributed by atoms with E-state index in [1.165, 1.54) is 0 Å². The molecule has 1 aliphatic rings. The first-order valence-electron chi connectivity index (χ1n) is 5.27. The van der Waals surface area contributed by atoms with Gasteiger partial charge in [0, 0.05) is 24.5 Å². The molecule has 1 fully saturated rings. The van der Waals surface area contributed by atoms with Crippen molar-refractivity contribution in [3.63, 3.8) is 0 Å². The minimum Gasteiger partial charge on any atom is -0.378 e. The van der Waals surface area contributed by atoms with Crippen LogP contribution in [-0.4, -0.2) is 39.1 Å². The molecule has 4 nitrogen and oxygen atoms in total. The molecule has 15 heavy (non-hydrogen) atoms. The molecule has 0 aliphatic carbocycles. The van der Waals surface area contributed by atoms with Crippen molar-refractivity contribution < 1.29 is 10.2 Å². The lowest BCUT2D eigenvalue weighted by Gasteiger charge is -2.36. The minimum absolute atomic E-state index is 0.492. The van der Waals surface area contributed by atoms with Crippen molar-refractivity contribution >= 4 is 11.3 Å². The number of thiazole rings is 1. The van der Waals surface area contributed by atoms with Gasteiger partial charge in [-0.25, -0.2) is 4.98 Å². The summed E-state index contributed by atoms with van der Waals surface area (Å²) < 4.78 is 0. The molecule has 0 bridgehead atoms. The van der Waals surface area contributed by atoms with Gasteiger partial charge in [0.25, 0.3) is 0 Å². The predicted octanol–water partition coefficient (Wildman–Crippen LogP) is 0.808. The van der Waals surface area contributed by atoms with Crippen molar-refractivity contribution in [2.45, 2.75) is 38.1 Å². The zero-order valence-electron chi connectivity index (χ0n) is 8.54. The van der Waals surface area contributed by atoms with E-state index in [0.717, 1.165) is 30.7 Å². The van der Waals surface area contributed by atoms with Crippen LogP contribution in [0.5, 0.6) is 0 Å². The maximum atomic E-state index is 9.72. The molecule has 1 aromatic heterocycles. The second kappa shape index (κ2) is 5.03. The lowest BCUT2D eigenvalue weighted by atomic mass is 10.1. The predicted molar refractivity (Wildman–Crippen MR) is 58.4 cm³/mol. The van der Waals surface area contributed by atoms with Crippen LogP contribution in [0.3, 0.4) is 0 Å². The highest BCUT2D eigenvalue weighted by Gasteiger charge is 2.27. The van der Waals surface area contributed by atoms with E-state index in [2.05, 4.69) is 4.98 Å². The molecular weight excluding hydrogens is 212 g/mol. The van der Waals surface area contributed by atoms with Crippen molar-refractivity contribution in [1.29, 1.82) is 0 Å². The minimum atomic E-state index is -0.492. The van der Waals surface area contributed by atoms with Crippen molar-refractivity contribution in [2.24, 2.45) is 0 Å². The zero-order chi connectivity index (χ0) is 10.7. The molecule has 2 heterocycles. The molecule has 1 saturated heterocycles. The Morgan fingerprint density at radius 3 is 2.73 bits per heavy atom. The molecule has 0 radical (unpaired) electrons. The van der Waals surface area contributed by atoms with Crippen LogP contribution in [0.2, 0.25) is 0 Å². The number of hydrogen-bond donors (Lipinski definition) is 2. The Morgan fingerprint density at radius 1 is 1.40 bits per heavy atom. The SMILES string of the molecule is OC1CCCC(O)N1CCc1nccs1. The first-order chi connectivity index (χ1) is 7.27. The van der Waals surface area contributed by atoms with Crippen LogP contribution in [0.4, 0.5) is 0 Å². The molecule has 84 valence electrons. The van der Waals surface area contributed by atoms with Gasteiger partial charge in [-0.2, -0.15) is 0 Å². The molecule has 2 unspecified atom stereocenters. The summed E-state index contributed by atoms with van der Waals surface area (Å²) in [4.78, 5) is 5.93. The lowest BCUT2D eigenvalue weighted by Crippen LogP contribution is -2.47. The monoisotopic (exact) mass is 228 g/mol. The standard InChI is InChI=1S/C10H16N2O2S/c13-9-2-1-3-10(14)12(9)6-4-8-11-5-7-15-8/h5,7,9-10,13-14H,1-4,6H2. The van der Waals surface area contributed by atoms with Crippen molar-refractivity contribution in [2.75, 3.05) is 6.54 Å². The number of likely N-dealkylation sites (tertiary alicyclic amines) is 1. The number of nitrogens with zero attached hydrogens (tertiary/aromatic N) is 2. The average Bonchev–Trinajstić information content (AvgIpc) is 2.70. The number of rotatable bonds is 3. The van der Waals surface area contributed by atoms with Gasteiger partial charge in [0.15, 0.2) is 0 Å². The topological polar surface area (TPSA) is 56.6 Å². The molecule has 0 saturated carbocycles. The summed E-state index contributed by atoms with van der Waals surface area (Å²) in [6, 6.07) is 0. The van der Waals surface area contributed by atoms with E-state index in [-0.39, 0.29) is 0 Å². The second-order valence-electron chi connectivity index (χ2n) is 3.81. The zero-order valence-corrected chi connectivity index (χ0v) is 9.36. The number of aliphatic hydroxyl groups is 2. The maximum absolute atomic E-state index is 9.72. The summed E-state index contributed by atoms with van der Waals surface area (Å²) in [6.45, 7) is 0.676. The van der Waals surface area contributed by atoms with E-state index in [1.807, 2.05) is 5.38 Å². The lowest BCUT2D eigenvalue weighted by molar-refractivity contribution is -0.129. The fourth-order valence-corrected chi connectivity index (χ4v) is 2.52. The number of piperidine rings is 1. The Bertz CT molecular complexity index is 282. The van der Waals surface area contributed by atoms with E-state index < -0.39 is 12.5 Å². The molecular formula is C10H16N2O2S. The van der Waals surface area contributed by atoms with Gasteiger partial charge in [-0.05, 0) is 19.3 Å². The highest BCUT2D eigenvalue weighted by molar-refractivity contribution is 7.09. The normalized spacial score (nSPS) is 28.1. The highest BCUT2D eigenvalue weighted by Crippen LogP contribution is 2.20. The number of aliphatic hydroxyl groups excluding tert-OH is 2. The summed E-state index contributed by atoms with van der Waals surface area (Å²) in [7, 11) is 0. The third-order valence-electron chi connectivity index (χ3n) is 2.76. The second-order valence-corrected chi connectivity index (χ2v) is 4.78. The van der Waals surface area contributed by atoms with Gasteiger partial charge in [0.2, 0.25) is 0 Å². The van der Waals surface area contributed by atoms with Gasteiger partial charge in [-0.1, -0.05) is 0 Å². The quantitative estimate of drug-likeness (QED) is 0.804. The first-order valence-corrected chi connectivity index (χ1v) is 6.15. The highest BCUT2D eigenvalue weighted by atomic mass is 32.1. The molecule has 2 N–H and O–H groups in total. The summed E-state index contributed by atoms with van der Waals surface area (Å²) in [6.07, 6.45) is 4.01. The van der Waals surface area contributed by atoms with Crippen LogP contribution in [0.25, 0.3) is 0 Å². The fourth-order valence-electron chi connectivity index (χ4n) is 1.91. The van der Waals surface area contributed by atoms with Crippen LogP contribution >= 0.6 is 11.3 Å². The smallest absolute Gasteiger partial charge is 0.109 e. The summed E-state index contributed by atoms with van der Waals surface area (Å²) >= 11 is 1.61. The fraction of sp³-hybridized carbons (Fsp3) is 0.700. The molecule has 0 spiro atoms.